The van der Waals surface area contributed by atoms with E-state index in [-0.39, 0.29) is 0 Å². The molecule has 0 aliphatic carbocycles. The van der Waals surface area contributed by atoms with Crippen LogP contribution < -0.4 is 15.5 Å². The van der Waals surface area contributed by atoms with Gasteiger partial charge in [0.05, 0.1) is 31.3 Å². The number of hydrogen-bond donors (Lipinski definition) is 1. The molecule has 0 bridgehead atoms. The van der Waals surface area contributed by atoms with Crippen LogP contribution in [0.4, 0.5) is 17.3 Å². The third-order valence-corrected chi connectivity index (χ3v) is 5.22. The third-order valence-electron chi connectivity index (χ3n) is 5.22. The van der Waals surface area contributed by atoms with Crippen LogP contribution in [0.1, 0.15) is 5.56 Å². The van der Waals surface area contributed by atoms with Gasteiger partial charge in [-0.25, -0.2) is 9.98 Å². The van der Waals surface area contributed by atoms with E-state index in [0.29, 0.717) is 5.96 Å². The Kier molecular flexibility index (Phi) is 5.57. The summed E-state index contributed by atoms with van der Waals surface area (Å²) in [5, 5.41) is 0. The Morgan fingerprint density at radius 1 is 0.964 bits per heavy atom. The van der Waals surface area contributed by atoms with Crippen LogP contribution in [0.25, 0.3) is 0 Å². The van der Waals surface area contributed by atoms with E-state index in [0.717, 1.165) is 75.4 Å². The summed E-state index contributed by atoms with van der Waals surface area (Å²) in [5.41, 5.74) is 8.31. The molecule has 4 rings (SSSR count). The largest absolute Gasteiger partial charge is 0.378 e. The van der Waals surface area contributed by atoms with Crippen LogP contribution in [-0.4, -0.2) is 73.3 Å². The maximum Gasteiger partial charge on any atom is 0.196 e. The highest BCUT2D eigenvalue weighted by molar-refractivity contribution is 5.81. The minimum absolute atomic E-state index is 0.571. The molecule has 8 heteroatoms. The number of anilines is 2. The highest BCUT2D eigenvalue weighted by atomic mass is 16.5. The first-order valence-electron chi connectivity index (χ1n) is 9.75. The fourth-order valence-electron chi connectivity index (χ4n) is 3.49. The van der Waals surface area contributed by atoms with Gasteiger partial charge in [0.25, 0.3) is 0 Å². The number of aromatic nitrogens is 2. The van der Waals surface area contributed by atoms with Gasteiger partial charge in [0.15, 0.2) is 5.96 Å². The lowest BCUT2D eigenvalue weighted by Crippen LogP contribution is -2.51. The van der Waals surface area contributed by atoms with E-state index in [1.54, 1.807) is 0 Å². The zero-order valence-corrected chi connectivity index (χ0v) is 16.3. The first-order chi connectivity index (χ1) is 13.7. The Labute approximate surface area is 165 Å². The number of piperazine rings is 1. The number of hydrogen-bond acceptors (Lipinski definition) is 6. The predicted molar refractivity (Wildman–Crippen MR) is 111 cm³/mol. The van der Waals surface area contributed by atoms with E-state index in [2.05, 4.69) is 24.7 Å². The molecule has 2 aliphatic heterocycles. The number of ether oxygens (including phenoxy) is 1. The van der Waals surface area contributed by atoms with Gasteiger partial charge in [0, 0.05) is 39.3 Å². The van der Waals surface area contributed by atoms with Crippen LogP contribution in [-0.2, 0) is 4.74 Å². The summed E-state index contributed by atoms with van der Waals surface area (Å²) in [6.45, 7) is 8.54. The van der Waals surface area contributed by atoms with Crippen molar-refractivity contribution in [2.75, 3.05) is 62.3 Å². The molecule has 0 radical (unpaired) electrons. The maximum absolute atomic E-state index is 6.27. The van der Waals surface area contributed by atoms with Crippen LogP contribution >= 0.6 is 0 Å². The van der Waals surface area contributed by atoms with Gasteiger partial charge in [-0.2, -0.15) is 0 Å². The Morgan fingerprint density at radius 2 is 1.61 bits per heavy atom. The topological polar surface area (TPSA) is 83.1 Å². The van der Waals surface area contributed by atoms with E-state index in [9.17, 15) is 0 Å². The quantitative estimate of drug-likeness (QED) is 0.635. The van der Waals surface area contributed by atoms with Crippen LogP contribution in [0.5, 0.6) is 0 Å². The van der Waals surface area contributed by atoms with Crippen LogP contribution in [0.2, 0.25) is 0 Å². The molecule has 2 fully saturated rings. The fraction of sp³-hybridized carbons (Fsp3) is 0.450. The van der Waals surface area contributed by atoms with Gasteiger partial charge in [-0.05, 0) is 18.6 Å². The molecular formula is C20H27N7O. The minimum Gasteiger partial charge on any atom is -0.378 e. The number of aryl methyl sites for hydroxylation is 1. The second-order valence-corrected chi connectivity index (χ2v) is 7.07. The van der Waals surface area contributed by atoms with Crippen molar-refractivity contribution in [2.45, 2.75) is 6.92 Å². The zero-order chi connectivity index (χ0) is 19.3. The van der Waals surface area contributed by atoms with Crippen molar-refractivity contribution < 1.29 is 4.74 Å². The lowest BCUT2D eigenvalue weighted by Gasteiger charge is -2.36. The average molecular weight is 381 g/mol. The highest BCUT2D eigenvalue weighted by Crippen LogP contribution is 2.20. The molecule has 0 atom stereocenters. The predicted octanol–water partition coefficient (Wildman–Crippen LogP) is 1.39. The summed E-state index contributed by atoms with van der Waals surface area (Å²) in [4.78, 5) is 20.5. The number of benzene rings is 1. The summed E-state index contributed by atoms with van der Waals surface area (Å²) in [7, 11) is 0. The first-order valence-corrected chi connectivity index (χ1v) is 9.75. The molecule has 2 N–H and O–H groups in total. The molecule has 0 saturated carbocycles. The summed E-state index contributed by atoms with van der Waals surface area (Å²) in [6, 6.07) is 8.03. The molecule has 28 heavy (non-hydrogen) atoms. The number of morpholine rings is 1. The van der Waals surface area contributed by atoms with E-state index >= 15 is 0 Å². The second kappa shape index (κ2) is 8.43. The number of nitrogens with two attached hydrogens (primary N) is 1. The van der Waals surface area contributed by atoms with E-state index in [1.807, 2.05) is 43.6 Å². The van der Waals surface area contributed by atoms with Gasteiger partial charge in [0.1, 0.15) is 11.6 Å². The standard InChI is InChI=1S/C20H27N7O/c1-16-4-2-3-5-17(16)23-20(21)27-8-6-25(7-9-27)18-14-22-15-19(24-18)26-10-12-28-13-11-26/h2-5,14-15H,6-13H2,1H3,(H2,21,23). The smallest absolute Gasteiger partial charge is 0.196 e. The van der Waals surface area contributed by atoms with Gasteiger partial charge in [-0.3, -0.25) is 4.98 Å². The van der Waals surface area contributed by atoms with Crippen molar-refractivity contribution in [3.63, 3.8) is 0 Å². The molecule has 3 heterocycles. The highest BCUT2D eigenvalue weighted by Gasteiger charge is 2.21. The van der Waals surface area contributed by atoms with Crippen LogP contribution in [0.3, 0.4) is 0 Å². The molecule has 0 spiro atoms. The number of aliphatic imine (C=N–C) groups is 1. The fourth-order valence-corrected chi connectivity index (χ4v) is 3.49. The van der Waals surface area contributed by atoms with Crippen molar-refractivity contribution in [1.29, 1.82) is 0 Å². The Bertz CT molecular complexity index is 827. The molecule has 2 saturated heterocycles. The third kappa shape index (κ3) is 4.17. The van der Waals surface area contributed by atoms with Gasteiger partial charge in [-0.1, -0.05) is 18.2 Å². The summed E-state index contributed by atoms with van der Waals surface area (Å²) in [6.07, 6.45) is 3.67. The van der Waals surface area contributed by atoms with E-state index < -0.39 is 0 Å². The average Bonchev–Trinajstić information content (AvgIpc) is 2.76. The summed E-state index contributed by atoms with van der Waals surface area (Å²) in [5.74, 6) is 2.41. The Hall–Kier alpha value is -2.87. The molecule has 8 nitrogen and oxygen atoms in total. The minimum atomic E-state index is 0.571. The lowest BCUT2D eigenvalue weighted by atomic mass is 10.2. The van der Waals surface area contributed by atoms with E-state index in [4.69, 9.17) is 15.5 Å². The maximum atomic E-state index is 6.27. The summed E-state index contributed by atoms with van der Waals surface area (Å²) < 4.78 is 5.42. The molecular weight excluding hydrogens is 354 g/mol. The van der Waals surface area contributed by atoms with E-state index in [1.165, 1.54) is 0 Å². The zero-order valence-electron chi connectivity index (χ0n) is 16.3. The van der Waals surface area contributed by atoms with Gasteiger partial charge in [-0.15, -0.1) is 0 Å². The molecule has 2 aliphatic rings. The molecule has 2 aromatic rings. The van der Waals surface area contributed by atoms with Crippen molar-refractivity contribution in [1.82, 2.24) is 14.9 Å². The van der Waals surface area contributed by atoms with Gasteiger partial charge < -0.3 is 25.2 Å². The number of nitrogens with zero attached hydrogens (tertiary/aromatic N) is 6. The van der Waals surface area contributed by atoms with Crippen molar-refractivity contribution in [3.05, 3.63) is 42.2 Å². The normalized spacial score (nSPS) is 18.5. The van der Waals surface area contributed by atoms with Crippen molar-refractivity contribution in [2.24, 2.45) is 10.7 Å². The molecule has 0 unspecified atom stereocenters. The lowest BCUT2D eigenvalue weighted by molar-refractivity contribution is 0.122. The van der Waals surface area contributed by atoms with Gasteiger partial charge in [0.2, 0.25) is 0 Å². The van der Waals surface area contributed by atoms with Crippen molar-refractivity contribution >= 4 is 23.3 Å². The molecule has 148 valence electrons. The van der Waals surface area contributed by atoms with Crippen molar-refractivity contribution in [3.8, 4) is 0 Å². The Balaban J connectivity index is 1.39. The molecule has 0 amide bonds. The monoisotopic (exact) mass is 381 g/mol. The van der Waals surface area contributed by atoms with Crippen LogP contribution in [0.15, 0.2) is 41.7 Å². The molecule has 1 aromatic carbocycles. The summed E-state index contributed by atoms with van der Waals surface area (Å²) >= 11 is 0. The van der Waals surface area contributed by atoms with Gasteiger partial charge >= 0.3 is 0 Å². The number of guanidine groups is 1. The number of para-hydroxylation sites is 1. The Morgan fingerprint density at radius 3 is 2.29 bits per heavy atom. The second-order valence-electron chi connectivity index (χ2n) is 7.07. The van der Waals surface area contributed by atoms with Crippen LogP contribution in [0, 0.1) is 6.92 Å². The first kappa shape index (κ1) is 18.5. The SMILES string of the molecule is Cc1ccccc1N=C(N)N1CCN(c2cncc(N3CCOCC3)n2)CC1. The number of rotatable bonds is 3. The molecule has 1 aromatic heterocycles.